The van der Waals surface area contributed by atoms with Gasteiger partial charge in [0, 0.05) is 13.1 Å². The second kappa shape index (κ2) is 4.79. The van der Waals surface area contributed by atoms with Gasteiger partial charge in [0.2, 0.25) is 0 Å². The van der Waals surface area contributed by atoms with Gasteiger partial charge in [-0.15, -0.1) is 0 Å². The topological polar surface area (TPSA) is 91.5 Å². The molecule has 0 radical (unpaired) electrons. The van der Waals surface area contributed by atoms with Gasteiger partial charge < -0.3 is 21.1 Å². The van der Waals surface area contributed by atoms with Gasteiger partial charge in [0.25, 0.3) is 0 Å². The van der Waals surface area contributed by atoms with E-state index in [1.54, 1.807) is 6.20 Å². The predicted molar refractivity (Wildman–Crippen MR) is 67.5 cm³/mol. The molecule has 17 heavy (non-hydrogen) atoms. The minimum absolute atomic E-state index is 0.0438. The van der Waals surface area contributed by atoms with Crippen LogP contribution in [-0.4, -0.2) is 34.7 Å². The highest BCUT2D eigenvalue weighted by molar-refractivity contribution is 7.10. The third-order valence-electron chi connectivity index (χ3n) is 2.85. The molecule has 0 aromatic carbocycles. The third kappa shape index (κ3) is 2.79. The third-order valence-corrected chi connectivity index (χ3v) is 3.73. The van der Waals surface area contributed by atoms with E-state index in [0.717, 1.165) is 18.0 Å². The number of carboxylic acid groups (broad SMARTS) is 1. The number of piperidine rings is 1. The number of nitrogens with one attached hydrogen (secondary N) is 1. The highest BCUT2D eigenvalue weighted by Crippen LogP contribution is 2.31. The second-order valence-electron chi connectivity index (χ2n) is 4.48. The number of hydrogen-bond acceptors (Lipinski definition) is 5. The Balaban J connectivity index is 2.08. The molecule has 0 spiro atoms. The molecule has 2 heterocycles. The van der Waals surface area contributed by atoms with Gasteiger partial charge in [-0.1, -0.05) is 6.92 Å². The zero-order valence-electron chi connectivity index (χ0n) is 9.59. The van der Waals surface area contributed by atoms with E-state index in [1.165, 1.54) is 11.5 Å². The summed E-state index contributed by atoms with van der Waals surface area (Å²) in [5, 5.41) is 12.2. The Kier molecular flexibility index (Phi) is 3.37. The van der Waals surface area contributed by atoms with Crippen molar-refractivity contribution >= 4 is 28.3 Å². The Morgan fingerprint density at radius 3 is 3.06 bits per heavy atom. The number of hydrogen-bond donors (Lipinski definition) is 3. The summed E-state index contributed by atoms with van der Waals surface area (Å²) >= 11 is 1.35. The fourth-order valence-electron chi connectivity index (χ4n) is 2.28. The molecule has 0 aliphatic carbocycles. The molecule has 6 nitrogen and oxygen atoms in total. The van der Waals surface area contributed by atoms with Gasteiger partial charge in [-0.25, -0.2) is 4.79 Å². The monoisotopic (exact) mass is 256 g/mol. The summed E-state index contributed by atoms with van der Waals surface area (Å²) < 4.78 is 4.05. The summed E-state index contributed by atoms with van der Waals surface area (Å²) in [5.74, 6) is 0.432. The van der Waals surface area contributed by atoms with Crippen molar-refractivity contribution in [2.75, 3.05) is 23.7 Å². The fourth-order valence-corrected chi connectivity index (χ4v) is 2.97. The normalized spacial score (nSPS) is 24.6. The average molecular weight is 256 g/mol. The summed E-state index contributed by atoms with van der Waals surface area (Å²) in [5.41, 5.74) is 6.50. The molecule has 94 valence electrons. The molecule has 0 unspecified atom stereocenters. The molecule has 1 aromatic rings. The summed E-state index contributed by atoms with van der Waals surface area (Å²) in [6.07, 6.45) is 1.53. The van der Waals surface area contributed by atoms with Crippen LogP contribution < -0.4 is 16.0 Å². The standard InChI is InChI=1S/C10H16N4O2S/c1-6-2-7(13-10(15)16)5-14(4-6)9-8(11)3-12-17-9/h3,6-7,13H,2,4-5,11H2,1H3,(H,15,16)/t6-,7+/m1/s1. The Bertz CT molecular complexity index is 409. The molecule has 0 saturated carbocycles. The van der Waals surface area contributed by atoms with Crippen LogP contribution in [0, 0.1) is 5.92 Å². The van der Waals surface area contributed by atoms with Crippen LogP contribution in [0.1, 0.15) is 13.3 Å². The van der Waals surface area contributed by atoms with Crippen LogP contribution in [0.25, 0.3) is 0 Å². The highest BCUT2D eigenvalue weighted by Gasteiger charge is 2.27. The Hall–Kier alpha value is -1.50. The van der Waals surface area contributed by atoms with Crippen LogP contribution in [-0.2, 0) is 0 Å². The first-order chi connectivity index (χ1) is 8.06. The van der Waals surface area contributed by atoms with Crippen molar-refractivity contribution < 1.29 is 9.90 Å². The Morgan fingerprint density at radius 2 is 2.47 bits per heavy atom. The van der Waals surface area contributed by atoms with Crippen molar-refractivity contribution in [3.8, 4) is 0 Å². The number of nitrogen functional groups attached to an aromatic ring is 1. The van der Waals surface area contributed by atoms with Crippen molar-refractivity contribution in [3.63, 3.8) is 0 Å². The minimum Gasteiger partial charge on any atom is -0.465 e. The molecule has 1 fully saturated rings. The molecule has 1 aliphatic heterocycles. The molecule has 1 aliphatic rings. The van der Waals surface area contributed by atoms with Crippen LogP contribution in [0.3, 0.4) is 0 Å². The van der Waals surface area contributed by atoms with Crippen LogP contribution >= 0.6 is 11.5 Å². The first kappa shape index (κ1) is 12.0. The molecule has 2 atom stereocenters. The van der Waals surface area contributed by atoms with Gasteiger partial charge in [-0.3, -0.25) is 0 Å². The van der Waals surface area contributed by atoms with E-state index in [4.69, 9.17) is 10.8 Å². The van der Waals surface area contributed by atoms with Crippen molar-refractivity contribution in [2.24, 2.45) is 5.92 Å². The van der Waals surface area contributed by atoms with Crippen LogP contribution in [0.2, 0.25) is 0 Å². The quantitative estimate of drug-likeness (QED) is 0.739. The Labute approximate surface area is 104 Å². The maximum absolute atomic E-state index is 10.7. The van der Waals surface area contributed by atoms with E-state index in [9.17, 15) is 4.79 Å². The number of nitrogens with zero attached hydrogens (tertiary/aromatic N) is 2. The molecule has 1 aromatic heterocycles. The number of aromatic nitrogens is 1. The number of nitrogens with two attached hydrogens (primary N) is 1. The maximum atomic E-state index is 10.7. The SMILES string of the molecule is C[C@@H]1C[C@H](NC(=O)O)CN(c2sncc2N)C1. The van der Waals surface area contributed by atoms with Crippen molar-refractivity contribution in [3.05, 3.63) is 6.20 Å². The predicted octanol–water partition coefficient (Wildman–Crippen LogP) is 1.21. The van der Waals surface area contributed by atoms with E-state index in [0.29, 0.717) is 18.2 Å². The molecule has 0 bridgehead atoms. The summed E-state index contributed by atoms with van der Waals surface area (Å²) in [7, 11) is 0. The first-order valence-corrected chi connectivity index (χ1v) is 6.28. The number of rotatable bonds is 2. The molecule has 4 N–H and O–H groups in total. The van der Waals surface area contributed by atoms with Gasteiger partial charge in [0.05, 0.1) is 17.9 Å². The molecule has 1 saturated heterocycles. The van der Waals surface area contributed by atoms with Crippen LogP contribution in [0.5, 0.6) is 0 Å². The number of anilines is 2. The van der Waals surface area contributed by atoms with Crippen LogP contribution in [0.15, 0.2) is 6.20 Å². The lowest BCUT2D eigenvalue weighted by atomic mass is 9.96. The number of carbonyl (C=O) groups is 1. The molecule has 7 heteroatoms. The molecule has 1 amide bonds. The summed E-state index contributed by atoms with van der Waals surface area (Å²) in [6.45, 7) is 3.66. The lowest BCUT2D eigenvalue weighted by Crippen LogP contribution is -2.50. The maximum Gasteiger partial charge on any atom is 0.404 e. The van der Waals surface area contributed by atoms with Gasteiger partial charge >= 0.3 is 6.09 Å². The largest absolute Gasteiger partial charge is 0.465 e. The highest BCUT2D eigenvalue weighted by atomic mass is 32.1. The number of amides is 1. The van der Waals surface area contributed by atoms with E-state index >= 15 is 0 Å². The van der Waals surface area contributed by atoms with E-state index in [1.807, 2.05) is 0 Å². The van der Waals surface area contributed by atoms with Gasteiger partial charge in [0.15, 0.2) is 0 Å². The lowest BCUT2D eigenvalue weighted by Gasteiger charge is -2.36. The van der Waals surface area contributed by atoms with Crippen LogP contribution in [0.4, 0.5) is 15.5 Å². The minimum atomic E-state index is -0.971. The van der Waals surface area contributed by atoms with Crippen molar-refractivity contribution in [1.29, 1.82) is 0 Å². The van der Waals surface area contributed by atoms with Gasteiger partial charge in [-0.2, -0.15) is 4.37 Å². The lowest BCUT2D eigenvalue weighted by molar-refractivity contribution is 0.186. The van der Waals surface area contributed by atoms with E-state index in [2.05, 4.69) is 21.5 Å². The first-order valence-electron chi connectivity index (χ1n) is 5.51. The second-order valence-corrected chi connectivity index (χ2v) is 5.26. The summed E-state index contributed by atoms with van der Waals surface area (Å²) in [6, 6.07) is -0.0438. The van der Waals surface area contributed by atoms with Crippen molar-refractivity contribution in [2.45, 2.75) is 19.4 Å². The fraction of sp³-hybridized carbons (Fsp3) is 0.600. The van der Waals surface area contributed by atoms with E-state index < -0.39 is 6.09 Å². The average Bonchev–Trinajstić information content (AvgIpc) is 2.62. The van der Waals surface area contributed by atoms with Crippen molar-refractivity contribution in [1.82, 2.24) is 9.69 Å². The summed E-state index contributed by atoms with van der Waals surface area (Å²) in [4.78, 5) is 12.8. The smallest absolute Gasteiger partial charge is 0.404 e. The zero-order valence-corrected chi connectivity index (χ0v) is 10.4. The molecular formula is C10H16N4O2S. The van der Waals surface area contributed by atoms with Gasteiger partial charge in [-0.05, 0) is 23.9 Å². The molecular weight excluding hydrogens is 240 g/mol. The van der Waals surface area contributed by atoms with Gasteiger partial charge in [0.1, 0.15) is 5.00 Å². The zero-order chi connectivity index (χ0) is 12.4. The Morgan fingerprint density at radius 1 is 1.71 bits per heavy atom. The molecule has 2 rings (SSSR count). The van der Waals surface area contributed by atoms with E-state index in [-0.39, 0.29) is 6.04 Å².